The fourth-order valence-corrected chi connectivity index (χ4v) is 2.17. The standard InChI is InChI=1S/C12H17Cl2N/c1-8(2)12(15-3)7-9-10(13)5-4-6-11(9)14/h4-6,8,12,15H,7H2,1-3H3. The van der Waals surface area contributed by atoms with Gasteiger partial charge in [0, 0.05) is 16.1 Å². The highest BCUT2D eigenvalue weighted by Crippen LogP contribution is 2.26. The first-order valence-electron chi connectivity index (χ1n) is 5.16. The Bertz CT molecular complexity index is 303. The Labute approximate surface area is 102 Å². The van der Waals surface area contributed by atoms with Gasteiger partial charge in [-0.3, -0.25) is 0 Å². The van der Waals surface area contributed by atoms with Crippen molar-refractivity contribution in [2.45, 2.75) is 26.3 Å². The number of nitrogens with one attached hydrogen (secondary N) is 1. The van der Waals surface area contributed by atoms with Crippen LogP contribution in [0.2, 0.25) is 10.0 Å². The number of benzene rings is 1. The van der Waals surface area contributed by atoms with Crippen LogP contribution in [0.15, 0.2) is 18.2 Å². The van der Waals surface area contributed by atoms with Crippen molar-refractivity contribution < 1.29 is 0 Å². The lowest BCUT2D eigenvalue weighted by Gasteiger charge is -2.21. The quantitative estimate of drug-likeness (QED) is 0.852. The lowest BCUT2D eigenvalue weighted by Crippen LogP contribution is -2.32. The Kier molecular flexibility index (Phi) is 4.91. The summed E-state index contributed by atoms with van der Waals surface area (Å²) in [5.41, 5.74) is 1.04. The second-order valence-electron chi connectivity index (χ2n) is 4.04. The maximum atomic E-state index is 6.12. The summed E-state index contributed by atoms with van der Waals surface area (Å²) in [6, 6.07) is 6.05. The summed E-state index contributed by atoms with van der Waals surface area (Å²) in [5.74, 6) is 0.558. The molecule has 0 fully saturated rings. The van der Waals surface area contributed by atoms with E-state index in [4.69, 9.17) is 23.2 Å². The van der Waals surface area contributed by atoms with Crippen molar-refractivity contribution in [1.82, 2.24) is 5.32 Å². The first-order valence-corrected chi connectivity index (χ1v) is 5.92. The second kappa shape index (κ2) is 5.74. The zero-order chi connectivity index (χ0) is 11.4. The molecule has 0 aliphatic carbocycles. The summed E-state index contributed by atoms with van der Waals surface area (Å²) in [6.07, 6.45) is 0.868. The molecule has 1 atom stereocenters. The molecule has 0 aliphatic heterocycles. The molecular formula is C12H17Cl2N. The van der Waals surface area contributed by atoms with Crippen molar-refractivity contribution in [2.75, 3.05) is 7.05 Å². The molecule has 1 aromatic carbocycles. The van der Waals surface area contributed by atoms with Crippen LogP contribution >= 0.6 is 23.2 Å². The summed E-state index contributed by atoms with van der Waals surface area (Å²) in [4.78, 5) is 0. The van der Waals surface area contributed by atoms with Crippen molar-refractivity contribution in [3.05, 3.63) is 33.8 Å². The SMILES string of the molecule is CNC(Cc1c(Cl)cccc1Cl)C(C)C. The van der Waals surface area contributed by atoms with Crippen LogP contribution in [0.4, 0.5) is 0 Å². The molecule has 0 amide bonds. The number of rotatable bonds is 4. The predicted octanol–water partition coefficient (Wildman–Crippen LogP) is 3.78. The highest BCUT2D eigenvalue weighted by atomic mass is 35.5. The average molecular weight is 246 g/mol. The Balaban J connectivity index is 2.87. The van der Waals surface area contributed by atoms with Gasteiger partial charge in [0.2, 0.25) is 0 Å². The van der Waals surface area contributed by atoms with Gasteiger partial charge in [-0.25, -0.2) is 0 Å². The molecular weight excluding hydrogens is 229 g/mol. The van der Waals surface area contributed by atoms with Crippen LogP contribution < -0.4 is 5.32 Å². The minimum absolute atomic E-state index is 0.405. The molecule has 1 rings (SSSR count). The van der Waals surface area contributed by atoms with Crippen LogP contribution in [0.5, 0.6) is 0 Å². The van der Waals surface area contributed by atoms with Gasteiger partial charge in [-0.2, -0.15) is 0 Å². The van der Waals surface area contributed by atoms with Gasteiger partial charge in [0.05, 0.1) is 0 Å². The average Bonchev–Trinajstić information content (AvgIpc) is 2.17. The van der Waals surface area contributed by atoms with E-state index in [1.807, 2.05) is 25.2 Å². The highest BCUT2D eigenvalue weighted by molar-refractivity contribution is 6.35. The van der Waals surface area contributed by atoms with Crippen molar-refractivity contribution >= 4 is 23.2 Å². The smallest absolute Gasteiger partial charge is 0.0453 e. The Morgan fingerprint density at radius 1 is 1.20 bits per heavy atom. The molecule has 0 aromatic heterocycles. The normalized spacial score (nSPS) is 13.2. The molecule has 0 saturated heterocycles. The van der Waals surface area contributed by atoms with Gasteiger partial charge in [0.25, 0.3) is 0 Å². The Morgan fingerprint density at radius 3 is 2.13 bits per heavy atom. The van der Waals surface area contributed by atoms with Crippen LogP contribution in [0.3, 0.4) is 0 Å². The van der Waals surface area contributed by atoms with E-state index in [9.17, 15) is 0 Å². The lowest BCUT2D eigenvalue weighted by molar-refractivity contribution is 0.425. The molecule has 3 heteroatoms. The third kappa shape index (κ3) is 3.37. The first kappa shape index (κ1) is 12.8. The number of hydrogen-bond acceptors (Lipinski definition) is 1. The van der Waals surface area contributed by atoms with Crippen LogP contribution in [0.1, 0.15) is 19.4 Å². The molecule has 0 bridgehead atoms. The van der Waals surface area contributed by atoms with Gasteiger partial charge >= 0.3 is 0 Å². The number of likely N-dealkylation sites (N-methyl/N-ethyl adjacent to an activating group) is 1. The van der Waals surface area contributed by atoms with E-state index in [0.29, 0.717) is 12.0 Å². The molecule has 1 N–H and O–H groups in total. The van der Waals surface area contributed by atoms with Crippen LogP contribution in [0.25, 0.3) is 0 Å². The van der Waals surface area contributed by atoms with Gasteiger partial charge in [-0.15, -0.1) is 0 Å². The zero-order valence-electron chi connectivity index (χ0n) is 9.35. The van der Waals surface area contributed by atoms with Crippen LogP contribution in [-0.4, -0.2) is 13.1 Å². The fraction of sp³-hybridized carbons (Fsp3) is 0.500. The summed E-state index contributed by atoms with van der Waals surface area (Å²) in [5, 5.41) is 4.79. The zero-order valence-corrected chi connectivity index (χ0v) is 10.9. The Hall–Kier alpha value is -0.240. The van der Waals surface area contributed by atoms with Gasteiger partial charge in [0.1, 0.15) is 0 Å². The summed E-state index contributed by atoms with van der Waals surface area (Å²) in [7, 11) is 1.97. The summed E-state index contributed by atoms with van der Waals surface area (Å²) >= 11 is 12.2. The van der Waals surface area contributed by atoms with Crippen molar-refractivity contribution in [3.63, 3.8) is 0 Å². The molecule has 0 radical (unpaired) electrons. The summed E-state index contributed by atoms with van der Waals surface area (Å²) < 4.78 is 0. The van der Waals surface area contributed by atoms with E-state index in [1.165, 1.54) is 0 Å². The molecule has 0 saturated carbocycles. The molecule has 0 heterocycles. The van der Waals surface area contributed by atoms with E-state index < -0.39 is 0 Å². The topological polar surface area (TPSA) is 12.0 Å². The lowest BCUT2D eigenvalue weighted by atomic mass is 9.96. The van der Waals surface area contributed by atoms with Gasteiger partial charge < -0.3 is 5.32 Å². The van der Waals surface area contributed by atoms with E-state index in [-0.39, 0.29) is 0 Å². The van der Waals surface area contributed by atoms with Crippen molar-refractivity contribution in [1.29, 1.82) is 0 Å². The minimum Gasteiger partial charge on any atom is -0.316 e. The fourth-order valence-electron chi connectivity index (χ4n) is 1.62. The molecule has 1 nitrogen and oxygen atoms in total. The van der Waals surface area contributed by atoms with Crippen molar-refractivity contribution in [3.8, 4) is 0 Å². The molecule has 84 valence electrons. The van der Waals surface area contributed by atoms with Crippen LogP contribution in [-0.2, 0) is 6.42 Å². The van der Waals surface area contributed by atoms with E-state index >= 15 is 0 Å². The molecule has 15 heavy (non-hydrogen) atoms. The van der Waals surface area contributed by atoms with Gasteiger partial charge in [-0.1, -0.05) is 43.1 Å². The number of halogens is 2. The van der Waals surface area contributed by atoms with Crippen LogP contribution in [0, 0.1) is 5.92 Å². The monoisotopic (exact) mass is 245 g/mol. The third-order valence-electron chi connectivity index (χ3n) is 2.66. The number of hydrogen-bond donors (Lipinski definition) is 1. The van der Waals surface area contributed by atoms with Gasteiger partial charge in [0.15, 0.2) is 0 Å². The molecule has 0 aliphatic rings. The second-order valence-corrected chi connectivity index (χ2v) is 4.86. The third-order valence-corrected chi connectivity index (χ3v) is 3.37. The van der Waals surface area contributed by atoms with E-state index in [2.05, 4.69) is 19.2 Å². The summed E-state index contributed by atoms with van der Waals surface area (Å²) in [6.45, 7) is 4.37. The largest absolute Gasteiger partial charge is 0.316 e. The highest BCUT2D eigenvalue weighted by Gasteiger charge is 2.15. The van der Waals surface area contributed by atoms with Crippen molar-refractivity contribution in [2.24, 2.45) is 5.92 Å². The Morgan fingerprint density at radius 2 is 1.73 bits per heavy atom. The molecule has 0 spiro atoms. The molecule has 1 unspecified atom stereocenters. The van der Waals surface area contributed by atoms with E-state index in [0.717, 1.165) is 22.0 Å². The first-order chi connectivity index (χ1) is 7.06. The maximum Gasteiger partial charge on any atom is 0.0453 e. The maximum absolute atomic E-state index is 6.12. The van der Waals surface area contributed by atoms with Gasteiger partial charge in [-0.05, 0) is 37.1 Å². The minimum atomic E-state index is 0.405. The van der Waals surface area contributed by atoms with E-state index in [1.54, 1.807) is 0 Å². The molecule has 1 aromatic rings. The predicted molar refractivity (Wildman–Crippen MR) is 67.9 cm³/mol.